The highest BCUT2D eigenvalue weighted by atomic mass is 79.9. The minimum absolute atomic E-state index is 0.0887. The molecule has 1 aromatic carbocycles. The van der Waals surface area contributed by atoms with Crippen molar-refractivity contribution in [2.75, 3.05) is 0 Å². The number of nitrogens with zero attached hydrogens (tertiary/aromatic N) is 1. The zero-order chi connectivity index (χ0) is 8.43. The molecule has 0 amide bonds. The lowest BCUT2D eigenvalue weighted by Gasteiger charge is -1.95. The normalized spacial score (nSPS) is 9.64. The molecule has 0 aliphatic rings. The maximum absolute atomic E-state index is 10.3. The standard InChI is InChI=1S/C6H3BrClNO2/c7-4-2-1-3-5(8)6(4)9(10)11/h1-3H. The van der Waals surface area contributed by atoms with Gasteiger partial charge in [-0.25, -0.2) is 0 Å². The van der Waals surface area contributed by atoms with Crippen LogP contribution in [-0.2, 0) is 0 Å². The van der Waals surface area contributed by atoms with Crippen LogP contribution in [0.15, 0.2) is 22.7 Å². The molecule has 1 rings (SSSR count). The van der Waals surface area contributed by atoms with Crippen molar-refractivity contribution in [3.05, 3.63) is 37.8 Å². The van der Waals surface area contributed by atoms with Crippen LogP contribution in [-0.4, -0.2) is 4.92 Å². The summed E-state index contributed by atoms with van der Waals surface area (Å²) in [5, 5.41) is 10.5. The van der Waals surface area contributed by atoms with Gasteiger partial charge in [-0.3, -0.25) is 10.1 Å². The number of rotatable bonds is 1. The summed E-state index contributed by atoms with van der Waals surface area (Å²) in [7, 11) is 0. The molecule has 0 aromatic heterocycles. The summed E-state index contributed by atoms with van der Waals surface area (Å²) in [4.78, 5) is 9.81. The van der Waals surface area contributed by atoms with Gasteiger partial charge in [0.1, 0.15) is 5.02 Å². The van der Waals surface area contributed by atoms with Crippen molar-refractivity contribution in [2.24, 2.45) is 0 Å². The lowest BCUT2D eigenvalue weighted by Crippen LogP contribution is -1.89. The molecule has 0 fully saturated rings. The third-order valence-electron chi connectivity index (χ3n) is 1.12. The Balaban J connectivity index is 3.32. The second kappa shape index (κ2) is 3.19. The SMILES string of the molecule is O=[N+]([O-])c1c(Cl)cccc1Br. The van der Waals surface area contributed by atoms with E-state index in [0.717, 1.165) is 0 Å². The van der Waals surface area contributed by atoms with Gasteiger partial charge in [-0.1, -0.05) is 17.7 Å². The molecule has 0 unspecified atom stereocenters. The van der Waals surface area contributed by atoms with E-state index >= 15 is 0 Å². The van der Waals surface area contributed by atoms with Gasteiger partial charge < -0.3 is 0 Å². The Kier molecular flexibility index (Phi) is 2.46. The van der Waals surface area contributed by atoms with Crippen LogP contribution in [0.25, 0.3) is 0 Å². The first-order valence-electron chi connectivity index (χ1n) is 2.71. The molecule has 11 heavy (non-hydrogen) atoms. The van der Waals surface area contributed by atoms with E-state index in [1.165, 1.54) is 6.07 Å². The van der Waals surface area contributed by atoms with Gasteiger partial charge in [0.25, 0.3) is 0 Å². The molecule has 0 N–H and O–H groups in total. The van der Waals surface area contributed by atoms with E-state index in [0.29, 0.717) is 4.47 Å². The number of nitro groups is 1. The number of para-hydroxylation sites is 1. The summed E-state index contributed by atoms with van der Waals surface area (Å²) in [5.74, 6) is 0. The summed E-state index contributed by atoms with van der Waals surface area (Å²) in [6.07, 6.45) is 0. The average molecular weight is 236 g/mol. The van der Waals surface area contributed by atoms with Gasteiger partial charge >= 0.3 is 5.69 Å². The van der Waals surface area contributed by atoms with Crippen LogP contribution >= 0.6 is 27.5 Å². The maximum atomic E-state index is 10.3. The van der Waals surface area contributed by atoms with Crippen molar-refractivity contribution in [2.45, 2.75) is 0 Å². The Morgan fingerprint density at radius 2 is 2.18 bits per heavy atom. The third kappa shape index (κ3) is 1.70. The van der Waals surface area contributed by atoms with Crippen molar-refractivity contribution in [3.8, 4) is 0 Å². The Morgan fingerprint density at radius 3 is 2.55 bits per heavy atom. The largest absolute Gasteiger partial charge is 0.301 e. The molecule has 1 aromatic rings. The summed E-state index contributed by atoms with van der Waals surface area (Å²) in [5.41, 5.74) is -0.0887. The van der Waals surface area contributed by atoms with Gasteiger partial charge in [-0.05, 0) is 28.1 Å². The summed E-state index contributed by atoms with van der Waals surface area (Å²) in [6.45, 7) is 0. The zero-order valence-electron chi connectivity index (χ0n) is 5.25. The molecule has 0 aliphatic carbocycles. The van der Waals surface area contributed by atoms with Crippen molar-refractivity contribution in [1.29, 1.82) is 0 Å². The molecule has 0 atom stereocenters. The first-order valence-corrected chi connectivity index (χ1v) is 3.88. The lowest BCUT2D eigenvalue weighted by molar-refractivity contribution is -0.385. The van der Waals surface area contributed by atoms with Crippen LogP contribution in [0.3, 0.4) is 0 Å². The predicted octanol–water partition coefficient (Wildman–Crippen LogP) is 3.01. The highest BCUT2D eigenvalue weighted by molar-refractivity contribution is 9.10. The molecule has 0 radical (unpaired) electrons. The van der Waals surface area contributed by atoms with E-state index in [4.69, 9.17) is 11.6 Å². The molecule has 0 saturated heterocycles. The van der Waals surface area contributed by atoms with Gasteiger partial charge in [0, 0.05) is 0 Å². The Hall–Kier alpha value is -0.610. The molecule has 0 spiro atoms. The van der Waals surface area contributed by atoms with Crippen molar-refractivity contribution < 1.29 is 4.92 Å². The third-order valence-corrected chi connectivity index (χ3v) is 2.07. The van der Waals surface area contributed by atoms with Crippen LogP contribution in [0.2, 0.25) is 5.02 Å². The minimum atomic E-state index is -0.521. The molecular weight excluding hydrogens is 233 g/mol. The average Bonchev–Trinajstić information content (AvgIpc) is 1.85. The fourth-order valence-corrected chi connectivity index (χ4v) is 1.53. The number of hydrogen-bond acceptors (Lipinski definition) is 2. The van der Waals surface area contributed by atoms with Crippen molar-refractivity contribution in [3.63, 3.8) is 0 Å². The number of halogens is 2. The van der Waals surface area contributed by atoms with Crippen molar-refractivity contribution in [1.82, 2.24) is 0 Å². The fraction of sp³-hybridized carbons (Fsp3) is 0. The second-order valence-corrected chi connectivity index (χ2v) is 3.09. The van der Waals surface area contributed by atoms with Crippen LogP contribution in [0, 0.1) is 10.1 Å². The first-order chi connectivity index (χ1) is 5.13. The molecule has 0 saturated carbocycles. The number of nitro benzene ring substituents is 1. The van der Waals surface area contributed by atoms with Gasteiger partial charge in [0.2, 0.25) is 0 Å². The van der Waals surface area contributed by atoms with Gasteiger partial charge in [-0.2, -0.15) is 0 Å². The van der Waals surface area contributed by atoms with E-state index in [-0.39, 0.29) is 10.7 Å². The van der Waals surface area contributed by atoms with Gasteiger partial charge in [0.05, 0.1) is 9.40 Å². The van der Waals surface area contributed by atoms with Gasteiger partial charge in [-0.15, -0.1) is 0 Å². The fourth-order valence-electron chi connectivity index (χ4n) is 0.663. The number of hydrogen-bond donors (Lipinski definition) is 0. The van der Waals surface area contributed by atoms with Crippen molar-refractivity contribution >= 4 is 33.2 Å². The van der Waals surface area contributed by atoms with Crippen LogP contribution in [0.5, 0.6) is 0 Å². The van der Waals surface area contributed by atoms with Gasteiger partial charge in [0.15, 0.2) is 0 Å². The topological polar surface area (TPSA) is 43.1 Å². The molecule has 0 aliphatic heterocycles. The summed E-state index contributed by atoms with van der Waals surface area (Å²) < 4.78 is 0.398. The smallest absolute Gasteiger partial charge is 0.258 e. The van der Waals surface area contributed by atoms with E-state index in [2.05, 4.69) is 15.9 Å². The summed E-state index contributed by atoms with van der Waals surface area (Å²) in [6, 6.07) is 4.69. The molecular formula is C6H3BrClNO2. The highest BCUT2D eigenvalue weighted by Crippen LogP contribution is 2.31. The monoisotopic (exact) mass is 235 g/mol. The Bertz CT molecular complexity index is 282. The Labute approximate surface area is 76.3 Å². The first kappa shape index (κ1) is 8.49. The summed E-state index contributed by atoms with van der Waals surface area (Å²) >= 11 is 8.57. The van der Waals surface area contributed by atoms with Crippen LogP contribution in [0.1, 0.15) is 0 Å². The van der Waals surface area contributed by atoms with Crippen LogP contribution < -0.4 is 0 Å². The second-order valence-electron chi connectivity index (χ2n) is 1.83. The molecule has 5 heteroatoms. The van der Waals surface area contributed by atoms with E-state index < -0.39 is 4.92 Å². The number of benzene rings is 1. The zero-order valence-corrected chi connectivity index (χ0v) is 7.59. The lowest BCUT2D eigenvalue weighted by atomic mass is 10.3. The minimum Gasteiger partial charge on any atom is -0.258 e. The molecule has 58 valence electrons. The van der Waals surface area contributed by atoms with E-state index in [1.54, 1.807) is 12.1 Å². The van der Waals surface area contributed by atoms with Crippen LogP contribution in [0.4, 0.5) is 5.69 Å². The molecule has 0 heterocycles. The quantitative estimate of drug-likeness (QED) is 0.556. The van der Waals surface area contributed by atoms with E-state index in [1.807, 2.05) is 0 Å². The Morgan fingerprint density at radius 1 is 1.55 bits per heavy atom. The molecule has 3 nitrogen and oxygen atoms in total. The molecule has 0 bridgehead atoms. The van der Waals surface area contributed by atoms with E-state index in [9.17, 15) is 10.1 Å². The maximum Gasteiger partial charge on any atom is 0.301 e. The highest BCUT2D eigenvalue weighted by Gasteiger charge is 2.15. The predicted molar refractivity (Wildman–Crippen MR) is 45.8 cm³/mol.